The summed E-state index contributed by atoms with van der Waals surface area (Å²) in [6, 6.07) is 58.2. The van der Waals surface area contributed by atoms with Crippen LogP contribution in [0.3, 0.4) is 0 Å². The van der Waals surface area contributed by atoms with Crippen LogP contribution in [-0.4, -0.2) is 28.7 Å². The average molecular weight is 697 g/mol. The first-order valence-electron chi connectivity index (χ1n) is 17.4. The highest BCUT2D eigenvalue weighted by atomic mass is 32.1. The van der Waals surface area contributed by atoms with E-state index in [9.17, 15) is 0 Å². The van der Waals surface area contributed by atoms with E-state index in [1.54, 1.807) is 0 Å². The van der Waals surface area contributed by atoms with Gasteiger partial charge in [0.15, 0.2) is 17.5 Å². The summed E-state index contributed by atoms with van der Waals surface area (Å²) in [5.74, 6) is 1.77. The van der Waals surface area contributed by atoms with Crippen LogP contribution in [0.2, 0.25) is 0 Å². The standard InChI is InChI=1S/C46H28N6S/c1-4-10-29(11-5-1)31-16-20-34(21-17-31)44-48-45(35-22-18-32(19-23-35)30-12-6-2-7-13-30)50-46(49-44)36-24-25-37-40(28-36)47-42(33-14-8-3-9-15-33)38-26-27-39-43(41(37)38)52-53-51-39/h1-28H. The topological polar surface area (TPSA) is 77.3 Å². The van der Waals surface area contributed by atoms with Gasteiger partial charge in [0, 0.05) is 38.4 Å². The smallest absolute Gasteiger partial charge is 0.164 e. The van der Waals surface area contributed by atoms with Crippen molar-refractivity contribution in [1.82, 2.24) is 28.7 Å². The van der Waals surface area contributed by atoms with Crippen molar-refractivity contribution >= 4 is 44.4 Å². The molecule has 0 atom stereocenters. The third kappa shape index (κ3) is 5.69. The van der Waals surface area contributed by atoms with Crippen molar-refractivity contribution < 1.29 is 0 Å². The molecule has 3 heterocycles. The molecule has 10 rings (SSSR count). The first-order chi connectivity index (χ1) is 26.2. The third-order valence-electron chi connectivity index (χ3n) is 9.62. The Morgan fingerprint density at radius 2 is 0.774 bits per heavy atom. The van der Waals surface area contributed by atoms with Gasteiger partial charge >= 0.3 is 0 Å². The Morgan fingerprint density at radius 1 is 0.321 bits per heavy atom. The van der Waals surface area contributed by atoms with Crippen LogP contribution in [0.15, 0.2) is 170 Å². The molecule has 0 amide bonds. The Bertz CT molecular complexity index is 2810. The van der Waals surface area contributed by atoms with Crippen molar-refractivity contribution in [3.63, 3.8) is 0 Å². The van der Waals surface area contributed by atoms with Crippen molar-refractivity contribution in [2.24, 2.45) is 0 Å². The molecule has 0 aliphatic heterocycles. The van der Waals surface area contributed by atoms with Gasteiger partial charge in [0.1, 0.15) is 11.0 Å². The van der Waals surface area contributed by atoms with Crippen LogP contribution in [0.1, 0.15) is 0 Å². The summed E-state index contributed by atoms with van der Waals surface area (Å²) in [6.45, 7) is 0. The fourth-order valence-electron chi connectivity index (χ4n) is 6.94. The minimum Gasteiger partial charge on any atom is -0.247 e. The van der Waals surface area contributed by atoms with E-state index in [4.69, 9.17) is 24.3 Å². The lowest BCUT2D eigenvalue weighted by molar-refractivity contribution is 1.07. The maximum Gasteiger partial charge on any atom is 0.164 e. The maximum absolute atomic E-state index is 5.27. The Hall–Kier alpha value is -6.96. The fourth-order valence-corrected chi connectivity index (χ4v) is 7.48. The highest BCUT2D eigenvalue weighted by Crippen LogP contribution is 2.38. The fraction of sp³-hybridized carbons (Fsp3) is 0. The van der Waals surface area contributed by atoms with Gasteiger partial charge in [0.2, 0.25) is 0 Å². The zero-order valence-corrected chi connectivity index (χ0v) is 29.1. The van der Waals surface area contributed by atoms with Crippen LogP contribution in [0.25, 0.3) is 100 Å². The Kier molecular flexibility index (Phi) is 7.55. The van der Waals surface area contributed by atoms with Gasteiger partial charge in [-0.2, -0.15) is 8.75 Å². The van der Waals surface area contributed by atoms with E-state index >= 15 is 0 Å². The molecular weight excluding hydrogens is 669 g/mol. The maximum atomic E-state index is 5.27. The molecule has 0 saturated carbocycles. The van der Waals surface area contributed by atoms with Gasteiger partial charge in [-0.1, -0.05) is 152 Å². The number of hydrogen-bond acceptors (Lipinski definition) is 7. The van der Waals surface area contributed by atoms with E-state index in [0.717, 1.165) is 82.9 Å². The van der Waals surface area contributed by atoms with Gasteiger partial charge in [0.05, 0.1) is 22.9 Å². The molecule has 0 radical (unpaired) electrons. The second-order valence-electron chi connectivity index (χ2n) is 12.9. The average Bonchev–Trinajstić information content (AvgIpc) is 3.74. The lowest BCUT2D eigenvalue weighted by atomic mass is 9.98. The molecule has 0 aliphatic rings. The summed E-state index contributed by atoms with van der Waals surface area (Å²) in [6.07, 6.45) is 0. The van der Waals surface area contributed by atoms with Gasteiger partial charge in [-0.25, -0.2) is 19.9 Å². The van der Waals surface area contributed by atoms with E-state index in [1.807, 2.05) is 36.4 Å². The van der Waals surface area contributed by atoms with Crippen LogP contribution in [0, 0.1) is 0 Å². The zero-order chi connectivity index (χ0) is 35.1. The van der Waals surface area contributed by atoms with Gasteiger partial charge in [-0.05, 0) is 40.5 Å². The molecule has 10 aromatic rings. The van der Waals surface area contributed by atoms with Crippen molar-refractivity contribution in [2.75, 3.05) is 0 Å². The van der Waals surface area contributed by atoms with Crippen LogP contribution in [0.5, 0.6) is 0 Å². The molecule has 248 valence electrons. The molecule has 0 bridgehead atoms. The molecule has 0 spiro atoms. The zero-order valence-electron chi connectivity index (χ0n) is 28.3. The molecule has 0 aliphatic carbocycles. The van der Waals surface area contributed by atoms with E-state index in [1.165, 1.54) is 11.7 Å². The second-order valence-corrected chi connectivity index (χ2v) is 13.4. The minimum absolute atomic E-state index is 0.572. The number of aromatic nitrogens is 6. The molecule has 7 heteroatoms. The summed E-state index contributed by atoms with van der Waals surface area (Å²) in [5, 5.41) is 3.09. The number of pyridine rings is 1. The Labute approximate surface area is 309 Å². The molecule has 7 aromatic carbocycles. The highest BCUT2D eigenvalue weighted by Gasteiger charge is 2.18. The predicted octanol–water partition coefficient (Wildman–Crippen LogP) is 11.6. The summed E-state index contributed by atoms with van der Waals surface area (Å²) >= 11 is 1.23. The largest absolute Gasteiger partial charge is 0.247 e. The summed E-state index contributed by atoms with van der Waals surface area (Å²) in [7, 11) is 0. The van der Waals surface area contributed by atoms with Gasteiger partial charge < -0.3 is 0 Å². The molecule has 53 heavy (non-hydrogen) atoms. The number of fused-ring (bicyclic) bond motifs is 5. The summed E-state index contributed by atoms with van der Waals surface area (Å²) in [4.78, 5) is 20.5. The van der Waals surface area contributed by atoms with E-state index < -0.39 is 0 Å². The molecule has 0 saturated heterocycles. The van der Waals surface area contributed by atoms with Crippen LogP contribution in [0.4, 0.5) is 0 Å². The first-order valence-corrected chi connectivity index (χ1v) is 18.1. The van der Waals surface area contributed by atoms with Gasteiger partial charge in [-0.15, -0.1) is 0 Å². The normalized spacial score (nSPS) is 11.4. The van der Waals surface area contributed by atoms with Gasteiger partial charge in [0.25, 0.3) is 0 Å². The molecule has 0 fully saturated rings. The quantitative estimate of drug-likeness (QED) is 0.161. The highest BCUT2D eigenvalue weighted by molar-refractivity contribution is 7.00. The van der Waals surface area contributed by atoms with Gasteiger partial charge in [-0.3, -0.25) is 0 Å². The number of rotatable bonds is 6. The Morgan fingerprint density at radius 3 is 1.34 bits per heavy atom. The van der Waals surface area contributed by atoms with Crippen LogP contribution in [-0.2, 0) is 0 Å². The molecule has 3 aromatic heterocycles. The predicted molar refractivity (Wildman–Crippen MR) is 216 cm³/mol. The summed E-state index contributed by atoms with van der Waals surface area (Å²) < 4.78 is 9.27. The molecule has 0 N–H and O–H groups in total. The van der Waals surface area contributed by atoms with Crippen LogP contribution < -0.4 is 0 Å². The molecular formula is C46H28N6S. The van der Waals surface area contributed by atoms with Crippen molar-refractivity contribution in [2.45, 2.75) is 0 Å². The number of nitrogens with zero attached hydrogens (tertiary/aromatic N) is 6. The summed E-state index contributed by atoms with van der Waals surface area (Å²) in [5.41, 5.74) is 11.8. The van der Waals surface area contributed by atoms with Crippen LogP contribution >= 0.6 is 11.7 Å². The SMILES string of the molecule is c1ccc(-c2ccc(-c3nc(-c4ccc(-c5ccccc5)cc4)nc(-c4ccc5c(c4)nc(-c4ccccc4)c4ccc6nsnc6c45)n3)cc2)cc1. The lowest BCUT2D eigenvalue weighted by Crippen LogP contribution is -2.00. The number of hydrogen-bond donors (Lipinski definition) is 0. The molecule has 6 nitrogen and oxygen atoms in total. The van der Waals surface area contributed by atoms with Crippen molar-refractivity contribution in [3.8, 4) is 67.7 Å². The van der Waals surface area contributed by atoms with Crippen molar-refractivity contribution in [3.05, 3.63) is 170 Å². The lowest BCUT2D eigenvalue weighted by Gasteiger charge is -2.12. The monoisotopic (exact) mass is 696 g/mol. The van der Waals surface area contributed by atoms with E-state index in [0.29, 0.717) is 17.5 Å². The Balaban J connectivity index is 1.14. The first kappa shape index (κ1) is 30.8. The second kappa shape index (κ2) is 13.0. The van der Waals surface area contributed by atoms with E-state index in [-0.39, 0.29) is 0 Å². The minimum atomic E-state index is 0.572. The van der Waals surface area contributed by atoms with Crippen molar-refractivity contribution in [1.29, 1.82) is 0 Å². The number of benzene rings is 7. The third-order valence-corrected chi connectivity index (χ3v) is 10.2. The molecule has 0 unspecified atom stereocenters. The van der Waals surface area contributed by atoms with E-state index in [2.05, 4.69) is 138 Å².